The molecule has 4 nitrogen and oxygen atoms in total. The maximum absolute atomic E-state index is 12.2. The van der Waals surface area contributed by atoms with Gasteiger partial charge in [-0.05, 0) is 49.9 Å². The first-order chi connectivity index (χ1) is 9.85. The zero-order valence-corrected chi connectivity index (χ0v) is 13.5. The highest BCUT2D eigenvalue weighted by atomic mass is 16.4. The Bertz CT molecular complexity index is 397. The van der Waals surface area contributed by atoms with Gasteiger partial charge >= 0.3 is 5.97 Å². The molecule has 2 rings (SSSR count). The van der Waals surface area contributed by atoms with Crippen molar-refractivity contribution in [2.45, 2.75) is 71.8 Å². The van der Waals surface area contributed by atoms with E-state index in [2.05, 4.69) is 26.1 Å². The summed E-state index contributed by atoms with van der Waals surface area (Å²) < 4.78 is 0. The number of carbonyl (C=O) groups excluding carboxylic acids is 1. The number of carbonyl (C=O) groups is 2. The van der Waals surface area contributed by atoms with Gasteiger partial charge in [0.1, 0.15) is 0 Å². The maximum atomic E-state index is 12.2. The lowest BCUT2D eigenvalue weighted by Gasteiger charge is -2.40. The van der Waals surface area contributed by atoms with Gasteiger partial charge in [-0.25, -0.2) is 0 Å². The van der Waals surface area contributed by atoms with E-state index in [4.69, 9.17) is 5.11 Å². The molecule has 0 saturated heterocycles. The van der Waals surface area contributed by atoms with E-state index in [1.54, 1.807) is 0 Å². The van der Waals surface area contributed by atoms with Gasteiger partial charge in [-0.3, -0.25) is 9.59 Å². The molecular weight excluding hydrogens is 266 g/mol. The second kappa shape index (κ2) is 6.37. The van der Waals surface area contributed by atoms with Crippen LogP contribution >= 0.6 is 0 Å². The number of carboxylic acid groups (broad SMARTS) is 1. The van der Waals surface area contributed by atoms with Crippen molar-refractivity contribution < 1.29 is 14.7 Å². The predicted molar refractivity (Wildman–Crippen MR) is 81.8 cm³/mol. The van der Waals surface area contributed by atoms with E-state index < -0.39 is 11.9 Å². The van der Waals surface area contributed by atoms with E-state index in [0.717, 1.165) is 25.2 Å². The highest BCUT2D eigenvalue weighted by Crippen LogP contribution is 2.41. The first kappa shape index (κ1) is 16.3. The topological polar surface area (TPSA) is 66.4 Å². The van der Waals surface area contributed by atoms with Crippen molar-refractivity contribution in [3.63, 3.8) is 0 Å². The van der Waals surface area contributed by atoms with Gasteiger partial charge in [0.25, 0.3) is 0 Å². The van der Waals surface area contributed by atoms with E-state index in [1.807, 2.05) is 0 Å². The lowest BCUT2D eigenvalue weighted by molar-refractivity contribution is -0.153. The molecule has 2 saturated carbocycles. The minimum Gasteiger partial charge on any atom is -0.481 e. The minimum atomic E-state index is -0.824. The molecule has 0 aromatic rings. The number of hydrogen-bond acceptors (Lipinski definition) is 2. The molecule has 0 radical (unpaired) electrons. The molecule has 120 valence electrons. The molecule has 2 atom stereocenters. The largest absolute Gasteiger partial charge is 0.481 e. The van der Waals surface area contributed by atoms with Crippen molar-refractivity contribution in [1.82, 2.24) is 5.32 Å². The van der Waals surface area contributed by atoms with Crippen molar-refractivity contribution in [2.24, 2.45) is 23.2 Å². The molecule has 2 unspecified atom stereocenters. The van der Waals surface area contributed by atoms with Gasteiger partial charge in [0.2, 0.25) is 5.91 Å². The van der Waals surface area contributed by atoms with E-state index in [9.17, 15) is 9.59 Å². The van der Waals surface area contributed by atoms with Crippen LogP contribution in [0.1, 0.15) is 65.7 Å². The molecule has 4 heteroatoms. The van der Waals surface area contributed by atoms with E-state index in [0.29, 0.717) is 11.8 Å². The zero-order valence-electron chi connectivity index (χ0n) is 13.5. The second-order valence-electron chi connectivity index (χ2n) is 7.53. The summed E-state index contributed by atoms with van der Waals surface area (Å²) in [6.45, 7) is 6.92. The van der Waals surface area contributed by atoms with Crippen LogP contribution in [0.2, 0.25) is 0 Å². The number of carboxylic acids is 1. The predicted octanol–water partition coefficient (Wildman–Crippen LogP) is 3.21. The van der Waals surface area contributed by atoms with Gasteiger partial charge in [0, 0.05) is 6.04 Å². The molecule has 0 aromatic heterocycles. The monoisotopic (exact) mass is 295 g/mol. The van der Waals surface area contributed by atoms with E-state index >= 15 is 0 Å². The summed E-state index contributed by atoms with van der Waals surface area (Å²) in [6.07, 6.45) is 6.95. The summed E-state index contributed by atoms with van der Waals surface area (Å²) in [7, 11) is 0. The fraction of sp³-hybridized carbons (Fsp3) is 0.882. The SMILES string of the molecule is CCC(C)(C)C1CCC(NC(=O)C2CCC2C(=O)O)CC1. The third-order valence-corrected chi connectivity index (χ3v) is 6.02. The molecule has 21 heavy (non-hydrogen) atoms. The maximum Gasteiger partial charge on any atom is 0.307 e. The zero-order chi connectivity index (χ0) is 15.6. The Morgan fingerprint density at radius 3 is 2.05 bits per heavy atom. The third kappa shape index (κ3) is 3.58. The van der Waals surface area contributed by atoms with Crippen molar-refractivity contribution in [3.8, 4) is 0 Å². The van der Waals surface area contributed by atoms with Crippen LogP contribution in [0.25, 0.3) is 0 Å². The Morgan fingerprint density at radius 1 is 1.05 bits per heavy atom. The molecular formula is C17H29NO3. The number of hydrogen-bond donors (Lipinski definition) is 2. The molecule has 0 aliphatic heterocycles. The van der Waals surface area contributed by atoms with Crippen LogP contribution in [0.4, 0.5) is 0 Å². The Morgan fingerprint density at radius 2 is 1.62 bits per heavy atom. The standard InChI is InChI=1S/C17H29NO3/c1-4-17(2,3)11-5-7-12(8-6-11)18-15(19)13-9-10-14(13)16(20)21/h11-14H,4-10H2,1-3H3,(H,18,19)(H,20,21). The lowest BCUT2D eigenvalue weighted by atomic mass is 9.68. The fourth-order valence-electron chi connectivity index (χ4n) is 3.73. The summed E-state index contributed by atoms with van der Waals surface area (Å²) >= 11 is 0. The Labute approximate surface area is 127 Å². The summed E-state index contributed by atoms with van der Waals surface area (Å²) in [5.74, 6) is -0.875. The van der Waals surface area contributed by atoms with Gasteiger partial charge in [0.15, 0.2) is 0 Å². The molecule has 2 N–H and O–H groups in total. The lowest BCUT2D eigenvalue weighted by Crippen LogP contribution is -2.48. The van der Waals surface area contributed by atoms with Crippen molar-refractivity contribution >= 4 is 11.9 Å². The molecule has 0 spiro atoms. The fourth-order valence-corrected chi connectivity index (χ4v) is 3.73. The number of amides is 1. The van der Waals surface area contributed by atoms with Crippen LogP contribution in [0.3, 0.4) is 0 Å². The van der Waals surface area contributed by atoms with Gasteiger partial charge in [-0.15, -0.1) is 0 Å². The van der Waals surface area contributed by atoms with Crippen LogP contribution in [0, 0.1) is 23.2 Å². The highest BCUT2D eigenvalue weighted by molar-refractivity contribution is 5.86. The molecule has 2 fully saturated rings. The smallest absolute Gasteiger partial charge is 0.307 e. The number of rotatable bonds is 5. The van der Waals surface area contributed by atoms with Gasteiger partial charge in [-0.1, -0.05) is 27.2 Å². The van der Waals surface area contributed by atoms with Crippen molar-refractivity contribution in [1.29, 1.82) is 0 Å². The Balaban J connectivity index is 1.79. The third-order valence-electron chi connectivity index (χ3n) is 6.02. The van der Waals surface area contributed by atoms with Gasteiger partial charge in [-0.2, -0.15) is 0 Å². The van der Waals surface area contributed by atoms with Crippen LogP contribution in [0.15, 0.2) is 0 Å². The van der Waals surface area contributed by atoms with Crippen molar-refractivity contribution in [2.75, 3.05) is 0 Å². The quantitative estimate of drug-likeness (QED) is 0.818. The molecule has 0 bridgehead atoms. The van der Waals surface area contributed by atoms with E-state index in [-0.39, 0.29) is 17.9 Å². The first-order valence-corrected chi connectivity index (χ1v) is 8.38. The Hall–Kier alpha value is -1.06. The summed E-state index contributed by atoms with van der Waals surface area (Å²) in [5.41, 5.74) is 0.386. The minimum absolute atomic E-state index is 0.0353. The molecule has 0 heterocycles. The van der Waals surface area contributed by atoms with Crippen LogP contribution < -0.4 is 5.32 Å². The van der Waals surface area contributed by atoms with Crippen LogP contribution in [-0.4, -0.2) is 23.0 Å². The van der Waals surface area contributed by atoms with Crippen LogP contribution in [-0.2, 0) is 9.59 Å². The summed E-state index contributed by atoms with van der Waals surface area (Å²) in [5, 5.41) is 12.1. The number of aliphatic carboxylic acids is 1. The van der Waals surface area contributed by atoms with E-state index in [1.165, 1.54) is 19.3 Å². The normalized spacial score (nSPS) is 33.1. The molecule has 1 amide bonds. The second-order valence-corrected chi connectivity index (χ2v) is 7.53. The van der Waals surface area contributed by atoms with Crippen molar-refractivity contribution in [3.05, 3.63) is 0 Å². The highest BCUT2D eigenvalue weighted by Gasteiger charge is 2.42. The van der Waals surface area contributed by atoms with Gasteiger partial charge < -0.3 is 10.4 Å². The molecule has 0 aromatic carbocycles. The average molecular weight is 295 g/mol. The van der Waals surface area contributed by atoms with Crippen LogP contribution in [0.5, 0.6) is 0 Å². The summed E-state index contributed by atoms with van der Waals surface area (Å²) in [6, 6.07) is 0.247. The Kier molecular flexibility index (Phi) is 4.95. The average Bonchev–Trinajstić information content (AvgIpc) is 2.37. The summed E-state index contributed by atoms with van der Waals surface area (Å²) in [4.78, 5) is 23.2. The first-order valence-electron chi connectivity index (χ1n) is 8.38. The van der Waals surface area contributed by atoms with Gasteiger partial charge in [0.05, 0.1) is 11.8 Å². The number of nitrogens with one attached hydrogen (secondary N) is 1. The molecule has 2 aliphatic carbocycles. The molecule has 2 aliphatic rings.